The standard InChI is InChI=1S/C16H19N5O2S/c1-11-15(18-10-17-11)16-19-13-9-12(5-6-14(13)20(16)2)24(22,23)21-7-3-4-8-21/h5-6,9-10H,3-4,7-8H2,1-2H3,(H,17,18). The molecule has 3 aromatic rings. The van der Waals surface area contributed by atoms with Gasteiger partial charge in [0.2, 0.25) is 10.0 Å². The molecule has 0 unspecified atom stereocenters. The Kier molecular flexibility index (Phi) is 3.47. The number of H-pyrrole nitrogens is 1. The fraction of sp³-hybridized carbons (Fsp3) is 0.375. The molecule has 2 aromatic heterocycles. The van der Waals surface area contributed by atoms with Crippen LogP contribution in [0.3, 0.4) is 0 Å². The van der Waals surface area contributed by atoms with Crippen molar-refractivity contribution in [1.29, 1.82) is 0 Å². The Bertz CT molecular complexity index is 1010. The first-order valence-corrected chi connectivity index (χ1v) is 9.39. The van der Waals surface area contributed by atoms with E-state index in [-0.39, 0.29) is 0 Å². The predicted molar refractivity (Wildman–Crippen MR) is 91.0 cm³/mol. The third-order valence-electron chi connectivity index (χ3n) is 4.60. The number of imidazole rings is 2. The van der Waals surface area contributed by atoms with Crippen molar-refractivity contribution in [3.8, 4) is 11.5 Å². The molecule has 0 saturated carbocycles. The average Bonchev–Trinajstić information content (AvgIpc) is 3.28. The molecule has 8 heteroatoms. The summed E-state index contributed by atoms with van der Waals surface area (Å²) in [6.07, 6.45) is 3.48. The van der Waals surface area contributed by atoms with Crippen molar-refractivity contribution < 1.29 is 8.42 Å². The molecule has 24 heavy (non-hydrogen) atoms. The number of hydrogen-bond acceptors (Lipinski definition) is 4. The van der Waals surface area contributed by atoms with Crippen LogP contribution in [-0.4, -0.2) is 45.3 Å². The molecule has 0 amide bonds. The molecule has 1 aliphatic heterocycles. The highest BCUT2D eigenvalue weighted by molar-refractivity contribution is 7.89. The minimum absolute atomic E-state index is 0.306. The van der Waals surface area contributed by atoms with Crippen LogP contribution in [0.25, 0.3) is 22.6 Å². The van der Waals surface area contributed by atoms with Crippen molar-refractivity contribution in [2.45, 2.75) is 24.7 Å². The maximum absolute atomic E-state index is 12.7. The van der Waals surface area contributed by atoms with E-state index in [0.29, 0.717) is 23.5 Å². The normalized spacial score (nSPS) is 16.2. The average molecular weight is 345 g/mol. The van der Waals surface area contributed by atoms with E-state index in [1.807, 2.05) is 24.6 Å². The van der Waals surface area contributed by atoms with Crippen molar-refractivity contribution in [1.82, 2.24) is 23.8 Å². The molecule has 7 nitrogen and oxygen atoms in total. The Balaban J connectivity index is 1.83. The molecule has 1 aromatic carbocycles. The van der Waals surface area contributed by atoms with Crippen LogP contribution >= 0.6 is 0 Å². The summed E-state index contributed by atoms with van der Waals surface area (Å²) in [5.41, 5.74) is 3.25. The molecule has 1 N–H and O–H groups in total. The van der Waals surface area contributed by atoms with Gasteiger partial charge >= 0.3 is 0 Å². The number of sulfonamides is 1. The molecule has 126 valence electrons. The minimum Gasteiger partial charge on any atom is -0.348 e. The van der Waals surface area contributed by atoms with Gasteiger partial charge in [0.25, 0.3) is 0 Å². The van der Waals surface area contributed by atoms with E-state index in [9.17, 15) is 8.42 Å². The number of nitrogens with zero attached hydrogens (tertiary/aromatic N) is 4. The lowest BCUT2D eigenvalue weighted by Gasteiger charge is -2.15. The van der Waals surface area contributed by atoms with Crippen molar-refractivity contribution in [3.63, 3.8) is 0 Å². The molecule has 0 radical (unpaired) electrons. The first-order chi connectivity index (χ1) is 11.5. The first kappa shape index (κ1) is 15.3. The van der Waals surface area contributed by atoms with Crippen molar-refractivity contribution in [2.24, 2.45) is 7.05 Å². The van der Waals surface area contributed by atoms with E-state index in [0.717, 1.165) is 35.6 Å². The molecule has 4 rings (SSSR count). The van der Waals surface area contributed by atoms with E-state index >= 15 is 0 Å². The third kappa shape index (κ3) is 2.25. The van der Waals surface area contributed by atoms with Gasteiger partial charge in [-0.1, -0.05) is 0 Å². The molecule has 0 bridgehead atoms. The van der Waals surface area contributed by atoms with Crippen LogP contribution in [0.4, 0.5) is 0 Å². The number of rotatable bonds is 3. The van der Waals surface area contributed by atoms with E-state index in [2.05, 4.69) is 15.0 Å². The van der Waals surface area contributed by atoms with Gasteiger partial charge in [0, 0.05) is 25.8 Å². The summed E-state index contributed by atoms with van der Waals surface area (Å²) in [4.78, 5) is 12.3. The van der Waals surface area contributed by atoms with Crippen molar-refractivity contribution in [3.05, 3.63) is 30.2 Å². The van der Waals surface area contributed by atoms with Crippen molar-refractivity contribution in [2.75, 3.05) is 13.1 Å². The largest absolute Gasteiger partial charge is 0.348 e. The zero-order chi connectivity index (χ0) is 16.9. The summed E-state index contributed by atoms with van der Waals surface area (Å²) < 4.78 is 28.9. The van der Waals surface area contributed by atoms with Crippen LogP contribution in [0.15, 0.2) is 29.4 Å². The summed E-state index contributed by atoms with van der Waals surface area (Å²) >= 11 is 0. The van der Waals surface area contributed by atoms with Crippen LogP contribution in [-0.2, 0) is 17.1 Å². The Morgan fingerprint density at radius 1 is 1.21 bits per heavy atom. The first-order valence-electron chi connectivity index (χ1n) is 7.95. The van der Waals surface area contributed by atoms with Gasteiger partial charge < -0.3 is 9.55 Å². The van der Waals surface area contributed by atoms with Gasteiger partial charge in [-0.3, -0.25) is 0 Å². The Morgan fingerprint density at radius 3 is 2.62 bits per heavy atom. The molecule has 3 heterocycles. The van der Waals surface area contributed by atoms with E-state index in [1.54, 1.807) is 22.8 Å². The Hall–Kier alpha value is -2.19. The Labute approximate surface area is 140 Å². The van der Waals surface area contributed by atoms with Gasteiger partial charge in [-0.05, 0) is 38.0 Å². The molecule has 0 atom stereocenters. The third-order valence-corrected chi connectivity index (χ3v) is 6.49. The quantitative estimate of drug-likeness (QED) is 0.787. The number of benzene rings is 1. The van der Waals surface area contributed by atoms with Crippen LogP contribution in [0.2, 0.25) is 0 Å². The zero-order valence-corrected chi connectivity index (χ0v) is 14.5. The highest BCUT2D eigenvalue weighted by atomic mass is 32.2. The lowest BCUT2D eigenvalue weighted by molar-refractivity contribution is 0.477. The molecule has 1 fully saturated rings. The van der Waals surface area contributed by atoms with Gasteiger partial charge in [0.05, 0.1) is 22.3 Å². The monoisotopic (exact) mass is 345 g/mol. The highest BCUT2D eigenvalue weighted by Gasteiger charge is 2.27. The minimum atomic E-state index is -3.43. The second-order valence-corrected chi connectivity index (χ2v) is 8.07. The number of aryl methyl sites for hydroxylation is 2. The lowest BCUT2D eigenvalue weighted by Crippen LogP contribution is -2.27. The summed E-state index contributed by atoms with van der Waals surface area (Å²) in [5, 5.41) is 0. The second-order valence-electron chi connectivity index (χ2n) is 6.13. The SMILES string of the molecule is Cc1[nH]cnc1-c1nc2cc(S(=O)(=O)N3CCCC3)ccc2n1C. The lowest BCUT2D eigenvalue weighted by atomic mass is 10.3. The van der Waals surface area contributed by atoms with Crippen LogP contribution < -0.4 is 0 Å². The van der Waals surface area contributed by atoms with Crippen LogP contribution in [0, 0.1) is 6.92 Å². The second kappa shape index (κ2) is 5.42. The van der Waals surface area contributed by atoms with Gasteiger partial charge in [-0.15, -0.1) is 0 Å². The molecule has 0 spiro atoms. The van der Waals surface area contributed by atoms with Crippen LogP contribution in [0.5, 0.6) is 0 Å². The summed E-state index contributed by atoms with van der Waals surface area (Å²) in [5.74, 6) is 0.722. The topological polar surface area (TPSA) is 83.9 Å². The van der Waals surface area contributed by atoms with Gasteiger partial charge in [0.1, 0.15) is 5.69 Å². The molecular weight excluding hydrogens is 326 g/mol. The Morgan fingerprint density at radius 2 is 1.96 bits per heavy atom. The smallest absolute Gasteiger partial charge is 0.243 e. The van der Waals surface area contributed by atoms with E-state index in [1.165, 1.54) is 0 Å². The number of aromatic nitrogens is 4. The van der Waals surface area contributed by atoms with E-state index < -0.39 is 10.0 Å². The summed E-state index contributed by atoms with van der Waals surface area (Å²) in [6.45, 7) is 3.13. The molecule has 1 saturated heterocycles. The predicted octanol–water partition coefficient (Wildman–Crippen LogP) is 2.06. The fourth-order valence-electron chi connectivity index (χ4n) is 3.21. The molecular formula is C16H19N5O2S. The van der Waals surface area contributed by atoms with Gasteiger partial charge in [-0.2, -0.15) is 4.31 Å². The molecule has 1 aliphatic rings. The number of nitrogens with one attached hydrogen (secondary N) is 1. The highest BCUT2D eigenvalue weighted by Crippen LogP contribution is 2.27. The maximum atomic E-state index is 12.7. The number of fused-ring (bicyclic) bond motifs is 1. The van der Waals surface area contributed by atoms with Gasteiger partial charge in [-0.25, -0.2) is 18.4 Å². The zero-order valence-electron chi connectivity index (χ0n) is 13.7. The van der Waals surface area contributed by atoms with Crippen LogP contribution in [0.1, 0.15) is 18.5 Å². The number of hydrogen-bond donors (Lipinski definition) is 1. The summed E-state index contributed by atoms with van der Waals surface area (Å²) in [6, 6.07) is 5.14. The fourth-order valence-corrected chi connectivity index (χ4v) is 4.75. The molecule has 0 aliphatic carbocycles. The van der Waals surface area contributed by atoms with E-state index in [4.69, 9.17) is 0 Å². The summed E-state index contributed by atoms with van der Waals surface area (Å²) in [7, 11) is -1.52. The maximum Gasteiger partial charge on any atom is 0.243 e. The van der Waals surface area contributed by atoms with Gasteiger partial charge in [0.15, 0.2) is 5.82 Å². The number of aromatic amines is 1. The van der Waals surface area contributed by atoms with Crippen molar-refractivity contribution >= 4 is 21.1 Å².